The second-order valence-corrected chi connectivity index (χ2v) is 8.96. The molecule has 0 spiro atoms. The van der Waals surface area contributed by atoms with Crippen molar-refractivity contribution in [3.63, 3.8) is 0 Å². The number of benzene rings is 3. The summed E-state index contributed by atoms with van der Waals surface area (Å²) in [5.74, 6) is -0.614. The number of aromatic nitrogens is 2. The summed E-state index contributed by atoms with van der Waals surface area (Å²) in [4.78, 5) is 37.8. The summed E-state index contributed by atoms with van der Waals surface area (Å²) >= 11 is 0. The number of carbonyl (C=O) groups excluding carboxylic acids is 2. The van der Waals surface area contributed by atoms with Crippen molar-refractivity contribution < 1.29 is 19.1 Å². The van der Waals surface area contributed by atoms with Crippen molar-refractivity contribution in [3.05, 3.63) is 95.3 Å². The second-order valence-electron chi connectivity index (χ2n) is 8.96. The Morgan fingerprint density at radius 2 is 1.89 bits per heavy atom. The van der Waals surface area contributed by atoms with Gasteiger partial charge in [-0.25, -0.2) is 14.8 Å². The molecule has 0 radical (unpaired) electrons. The van der Waals surface area contributed by atoms with Crippen molar-refractivity contribution in [2.45, 2.75) is 25.5 Å². The van der Waals surface area contributed by atoms with Crippen LogP contribution in [0.3, 0.4) is 0 Å². The predicted octanol–water partition coefficient (Wildman–Crippen LogP) is 4.64. The zero-order chi connectivity index (χ0) is 26.5. The molecule has 1 aliphatic heterocycles. The molecule has 2 amide bonds. The number of fused-ring (bicyclic) bond motifs is 1. The Balaban J connectivity index is 1.44. The number of carbonyl (C=O) groups is 2. The molecule has 0 bridgehead atoms. The van der Waals surface area contributed by atoms with Gasteiger partial charge in [0.05, 0.1) is 42.1 Å². The van der Waals surface area contributed by atoms with Crippen molar-refractivity contribution in [2.24, 2.45) is 10.9 Å². The average Bonchev–Trinajstić information content (AvgIpc) is 3.43. The average molecular weight is 508 g/mol. The Hall–Kier alpha value is -4.97. The molecule has 0 fully saturated rings. The highest BCUT2D eigenvalue weighted by atomic mass is 16.5. The molecule has 0 saturated carbocycles. The number of esters is 1. The topological polar surface area (TPSA) is 129 Å². The first-order valence-electron chi connectivity index (χ1n) is 12.1. The molecule has 190 valence electrons. The molecule has 3 aromatic carbocycles. The van der Waals surface area contributed by atoms with Gasteiger partial charge in [-0.2, -0.15) is 5.26 Å². The van der Waals surface area contributed by atoms with Gasteiger partial charge in [0, 0.05) is 5.71 Å². The summed E-state index contributed by atoms with van der Waals surface area (Å²) in [5.41, 5.74) is 4.92. The van der Waals surface area contributed by atoms with Gasteiger partial charge < -0.3 is 19.8 Å². The number of hydrogen-bond acceptors (Lipinski definition) is 6. The maximum absolute atomic E-state index is 13.6. The summed E-state index contributed by atoms with van der Waals surface area (Å²) in [6, 6.07) is 21.0. The number of H-pyrrole nitrogens is 1. The lowest BCUT2D eigenvalue weighted by Gasteiger charge is -2.31. The number of nitrogens with one attached hydrogen (secondary N) is 2. The lowest BCUT2D eigenvalue weighted by molar-refractivity contribution is -0.148. The van der Waals surface area contributed by atoms with E-state index in [4.69, 9.17) is 9.47 Å². The number of aryl methyl sites for hydroxylation is 1. The molecule has 38 heavy (non-hydrogen) atoms. The molecule has 0 saturated heterocycles. The molecular formula is C29H25N5O4. The summed E-state index contributed by atoms with van der Waals surface area (Å²) in [6.45, 7) is -0.00569. The van der Waals surface area contributed by atoms with Crippen LogP contribution in [0.2, 0.25) is 0 Å². The maximum Gasteiger partial charge on any atom is 0.341 e. The number of rotatable bonds is 8. The van der Waals surface area contributed by atoms with E-state index in [-0.39, 0.29) is 6.61 Å². The smallest absolute Gasteiger partial charge is 0.341 e. The Morgan fingerprint density at radius 1 is 1.05 bits per heavy atom. The van der Waals surface area contributed by atoms with E-state index in [9.17, 15) is 14.9 Å². The molecule has 1 aromatic heterocycles. The van der Waals surface area contributed by atoms with Gasteiger partial charge in [0.25, 0.3) is 0 Å². The fourth-order valence-electron chi connectivity index (χ4n) is 4.62. The third-order valence-corrected chi connectivity index (χ3v) is 6.51. The van der Waals surface area contributed by atoms with Gasteiger partial charge in [0.15, 0.2) is 0 Å². The minimum Gasteiger partial charge on any atom is -0.497 e. The van der Waals surface area contributed by atoms with E-state index >= 15 is 0 Å². The Bertz CT molecular complexity index is 1570. The molecule has 1 aliphatic rings. The zero-order valence-electron chi connectivity index (χ0n) is 20.7. The first-order valence-corrected chi connectivity index (χ1v) is 12.1. The molecule has 2 heterocycles. The van der Waals surface area contributed by atoms with E-state index in [1.54, 1.807) is 37.7 Å². The van der Waals surface area contributed by atoms with Crippen LogP contribution in [-0.4, -0.2) is 34.8 Å². The first kappa shape index (κ1) is 24.7. The SMILES string of the molecule is COc1cccc(CCC2=NC(=O)NC(c3ccc4nc[nH]c4c3)C2C(=O)OCc2cccc(C#N)c2)c1. The third kappa shape index (κ3) is 5.39. The Labute approximate surface area is 219 Å². The number of urea groups is 1. The van der Waals surface area contributed by atoms with Crippen LogP contribution in [0, 0.1) is 17.2 Å². The van der Waals surface area contributed by atoms with Gasteiger partial charge in [-0.05, 0) is 65.9 Å². The van der Waals surface area contributed by atoms with Crippen LogP contribution in [-0.2, 0) is 22.6 Å². The lowest BCUT2D eigenvalue weighted by Crippen LogP contribution is -2.45. The zero-order valence-corrected chi connectivity index (χ0v) is 20.7. The fourth-order valence-corrected chi connectivity index (χ4v) is 4.62. The van der Waals surface area contributed by atoms with Crippen molar-refractivity contribution in [1.82, 2.24) is 15.3 Å². The normalized spacial score (nSPS) is 16.8. The third-order valence-electron chi connectivity index (χ3n) is 6.51. The Kier molecular flexibility index (Phi) is 7.13. The molecule has 2 unspecified atom stereocenters. The second kappa shape index (κ2) is 11.0. The number of nitrogens with zero attached hydrogens (tertiary/aromatic N) is 3. The van der Waals surface area contributed by atoms with E-state index in [0.717, 1.165) is 27.9 Å². The van der Waals surface area contributed by atoms with Crippen LogP contribution >= 0.6 is 0 Å². The molecule has 0 aliphatic carbocycles. The number of ether oxygens (including phenoxy) is 2. The van der Waals surface area contributed by atoms with E-state index in [0.29, 0.717) is 29.7 Å². The molecule has 5 rings (SSSR count). The van der Waals surface area contributed by atoms with Crippen LogP contribution in [0.15, 0.2) is 78.0 Å². The number of nitriles is 1. The number of aromatic amines is 1. The number of aliphatic imine (C=N–C) groups is 1. The van der Waals surface area contributed by atoms with Crippen molar-refractivity contribution in [2.75, 3.05) is 7.11 Å². The Morgan fingerprint density at radius 3 is 2.74 bits per heavy atom. The first-order chi connectivity index (χ1) is 18.5. The van der Waals surface area contributed by atoms with Crippen molar-refractivity contribution in [3.8, 4) is 11.8 Å². The van der Waals surface area contributed by atoms with Crippen molar-refractivity contribution >= 4 is 28.7 Å². The molecule has 2 atom stereocenters. The number of amides is 2. The number of imidazole rings is 1. The molecule has 9 nitrogen and oxygen atoms in total. The van der Waals surface area contributed by atoms with E-state index in [2.05, 4.69) is 26.3 Å². The van der Waals surface area contributed by atoms with Gasteiger partial charge in [-0.1, -0.05) is 30.3 Å². The molecule has 2 N–H and O–H groups in total. The van der Waals surface area contributed by atoms with Crippen LogP contribution in [0.4, 0.5) is 4.79 Å². The van der Waals surface area contributed by atoms with Gasteiger partial charge >= 0.3 is 12.0 Å². The van der Waals surface area contributed by atoms with E-state index in [1.807, 2.05) is 42.5 Å². The molecule has 9 heteroatoms. The highest BCUT2D eigenvalue weighted by Crippen LogP contribution is 2.31. The highest BCUT2D eigenvalue weighted by molar-refractivity contribution is 6.09. The van der Waals surface area contributed by atoms with Gasteiger partial charge in [-0.3, -0.25) is 4.79 Å². The minimum absolute atomic E-state index is 0.00569. The predicted molar refractivity (Wildman–Crippen MR) is 141 cm³/mol. The number of methoxy groups -OCH3 is 1. The lowest BCUT2D eigenvalue weighted by atomic mass is 9.85. The van der Waals surface area contributed by atoms with E-state index in [1.165, 1.54) is 0 Å². The van der Waals surface area contributed by atoms with Gasteiger partial charge in [0.2, 0.25) is 0 Å². The van der Waals surface area contributed by atoms with Crippen LogP contribution < -0.4 is 10.1 Å². The molecular weight excluding hydrogens is 482 g/mol. The van der Waals surface area contributed by atoms with Crippen molar-refractivity contribution in [1.29, 1.82) is 5.26 Å². The summed E-state index contributed by atoms with van der Waals surface area (Å²) in [6.07, 6.45) is 2.53. The summed E-state index contributed by atoms with van der Waals surface area (Å²) < 4.78 is 11.0. The van der Waals surface area contributed by atoms with Crippen LogP contribution in [0.5, 0.6) is 5.75 Å². The number of hydrogen-bond donors (Lipinski definition) is 2. The summed E-state index contributed by atoms with van der Waals surface area (Å²) in [7, 11) is 1.61. The quantitative estimate of drug-likeness (QED) is 0.334. The maximum atomic E-state index is 13.6. The van der Waals surface area contributed by atoms with E-state index < -0.39 is 24.0 Å². The monoisotopic (exact) mass is 507 g/mol. The van der Waals surface area contributed by atoms with Crippen LogP contribution in [0.25, 0.3) is 11.0 Å². The van der Waals surface area contributed by atoms with Crippen LogP contribution in [0.1, 0.15) is 34.7 Å². The minimum atomic E-state index is -0.835. The fraction of sp³-hybridized carbons (Fsp3) is 0.207. The molecule has 4 aromatic rings. The van der Waals surface area contributed by atoms with Gasteiger partial charge in [-0.15, -0.1) is 0 Å². The summed E-state index contributed by atoms with van der Waals surface area (Å²) in [5, 5.41) is 12.0. The standard InChI is InChI=1S/C29H25N5O4/c1-37-22-7-3-4-18(13-22)8-10-24-26(28(35)38-16-20-6-2-5-19(12-20)15-30)27(34-29(36)33-24)21-9-11-23-25(14-21)32-17-31-23/h2-7,9,11-14,17,26-27H,8,10,16H2,1H3,(H,31,32)(H,34,36). The highest BCUT2D eigenvalue weighted by Gasteiger charge is 2.39. The van der Waals surface area contributed by atoms with Gasteiger partial charge in [0.1, 0.15) is 18.3 Å². The largest absolute Gasteiger partial charge is 0.497 e.